The fraction of sp³-hybridized carbons (Fsp3) is 1.00. The molecule has 0 aromatic heterocycles. The van der Waals surface area contributed by atoms with Gasteiger partial charge in [-0.15, -0.1) is 0 Å². The van der Waals surface area contributed by atoms with E-state index in [1.807, 2.05) is 0 Å². The van der Waals surface area contributed by atoms with E-state index in [4.69, 9.17) is 67.9 Å². The normalized spacial score (nSPS) is 12.8. The number of hydrogen-bond acceptors (Lipinski definition) is 15. The van der Waals surface area contributed by atoms with Crippen LogP contribution in [-0.4, -0.2) is 27.7 Å². The van der Waals surface area contributed by atoms with Gasteiger partial charge in [0.2, 0.25) is 0 Å². The van der Waals surface area contributed by atoms with E-state index in [-0.39, 0.29) is 5.92 Å². The van der Waals surface area contributed by atoms with Gasteiger partial charge in [-0.3, -0.25) is 0 Å². The highest BCUT2D eigenvalue weighted by atomic mass is 31.2. The number of rotatable bonds is 8. The second-order valence-electron chi connectivity index (χ2n) is 5.29. The molecule has 0 spiro atoms. The topological polar surface area (TPSA) is 319 Å². The van der Waals surface area contributed by atoms with Gasteiger partial charge in [-0.25, -0.2) is 0 Å². The predicted molar refractivity (Wildman–Crippen MR) is 79.6 cm³/mol. The van der Waals surface area contributed by atoms with Crippen molar-refractivity contribution >= 4 is 23.5 Å². The zero-order chi connectivity index (χ0) is 24.5. The summed E-state index contributed by atoms with van der Waals surface area (Å²) in [6.07, 6.45) is 3.44. The van der Waals surface area contributed by atoms with Crippen LogP contribution in [0.1, 0.15) is 52.4 Å². The highest BCUT2D eigenvalue weighted by molar-refractivity contribution is 7.40. The molecule has 0 saturated carbocycles. The molecule has 0 aliphatic carbocycles. The Hall–Kier alpha value is 0.210. The van der Waals surface area contributed by atoms with Crippen molar-refractivity contribution in [2.75, 3.05) is 0 Å². The van der Waals surface area contributed by atoms with E-state index < -0.39 is 35.9 Å². The third-order valence-electron chi connectivity index (χ3n) is 2.65. The first-order valence-electron chi connectivity index (χ1n) is 7.86. The van der Waals surface area contributed by atoms with Crippen LogP contribution in [0.15, 0.2) is 0 Å². The van der Waals surface area contributed by atoms with Gasteiger partial charge < -0.3 is 73.1 Å². The minimum atomic E-state index is -5.39. The van der Waals surface area contributed by atoms with E-state index in [1.54, 1.807) is 0 Å². The zero-order valence-electron chi connectivity index (χ0n) is 15.6. The quantitative estimate of drug-likeness (QED) is 0.211. The fourth-order valence-corrected chi connectivity index (χ4v) is 1.66. The number of unbranched alkanes of at least 4 members (excludes halogenated alkanes) is 2. The maximum absolute atomic E-state index is 9.54. The molecule has 0 bridgehead atoms. The van der Waals surface area contributed by atoms with Gasteiger partial charge in [0.05, 0.1) is 0 Å². The van der Waals surface area contributed by atoms with Gasteiger partial charge in [0.15, 0.2) is 6.29 Å². The highest BCUT2D eigenvalue weighted by Gasteiger charge is 2.23. The fourth-order valence-electron chi connectivity index (χ4n) is 1.66. The summed E-state index contributed by atoms with van der Waals surface area (Å²) in [6, 6.07) is 0. The van der Waals surface area contributed by atoms with Gasteiger partial charge in [-0.1, -0.05) is 39.5 Å². The van der Waals surface area contributed by atoms with E-state index in [0.717, 1.165) is 38.5 Å². The number of aliphatic hydroxyl groups excluding tert-OH is 2. The summed E-state index contributed by atoms with van der Waals surface area (Å²) in [4.78, 5) is 76.9. The summed E-state index contributed by atoms with van der Waals surface area (Å²) in [6.45, 7) is 4.19. The van der Waals surface area contributed by atoms with Crippen LogP contribution < -0.4 is 44.0 Å². The van der Waals surface area contributed by atoms with E-state index in [2.05, 4.69) is 13.8 Å². The molecule has 0 amide bonds. The van der Waals surface area contributed by atoms with Crippen molar-refractivity contribution in [2.24, 2.45) is 5.92 Å². The molecule has 0 aromatic carbocycles. The van der Waals surface area contributed by atoms with Crippen molar-refractivity contribution in [3.63, 3.8) is 0 Å². The lowest BCUT2D eigenvalue weighted by Crippen LogP contribution is -2.33. The Kier molecular flexibility index (Phi) is 23.9. The molecule has 1 unspecified atom stereocenters. The van der Waals surface area contributed by atoms with Crippen LogP contribution in [0.4, 0.5) is 0 Å². The third kappa shape index (κ3) is 73.8. The first kappa shape index (κ1) is 36.6. The minimum absolute atomic E-state index is 0.0369. The highest BCUT2D eigenvalue weighted by Crippen LogP contribution is 2.21. The zero-order valence-corrected chi connectivity index (χ0v) is 18.2. The largest absolute Gasteiger partial charge is 0.822 e. The van der Waals surface area contributed by atoms with Gasteiger partial charge in [0.25, 0.3) is 0 Å². The Balaban J connectivity index is -0.000000171. The van der Waals surface area contributed by atoms with Gasteiger partial charge in [-0.2, -0.15) is 23.5 Å². The molecule has 0 saturated heterocycles. The van der Waals surface area contributed by atoms with Gasteiger partial charge >= 0.3 is 0 Å². The van der Waals surface area contributed by atoms with Crippen molar-refractivity contribution in [2.45, 2.75) is 64.8 Å². The van der Waals surface area contributed by atoms with Crippen LogP contribution in [0, 0.1) is 5.92 Å². The summed E-state index contributed by atoms with van der Waals surface area (Å²) in [7, 11) is -16.2. The Bertz CT molecular complexity index is 415. The number of hydrogen-bond donors (Lipinski definition) is 3. The standard InChI is InChI=1S/C11H24O3.3H3O4P/c1-3-5-7-9(8-6-4-2)10(12)11(13)14;3*1-5(2,3)4/h9-14H,3-8H2,1-2H3;3*(H3,1,2,3,4)/p-9. The molecule has 182 valence electrons. The Morgan fingerprint density at radius 1 is 0.621 bits per heavy atom. The van der Waals surface area contributed by atoms with Crippen LogP contribution in [0.2, 0.25) is 0 Å². The van der Waals surface area contributed by atoms with Crippen LogP contribution in [0.5, 0.6) is 0 Å². The van der Waals surface area contributed by atoms with Gasteiger partial charge in [-0.05, 0) is 18.8 Å². The smallest absolute Gasteiger partial charge is 0.178 e. The first-order chi connectivity index (χ1) is 12.6. The molecule has 0 rings (SSSR count). The van der Waals surface area contributed by atoms with E-state index in [1.165, 1.54) is 0 Å². The lowest BCUT2D eigenvalue weighted by Gasteiger charge is -2.36. The lowest BCUT2D eigenvalue weighted by atomic mass is 9.90. The molecule has 15 nitrogen and oxygen atoms in total. The summed E-state index contributed by atoms with van der Waals surface area (Å²) >= 11 is 0. The maximum Gasteiger partial charge on any atom is 0.178 e. The molecule has 0 aliphatic rings. The second kappa shape index (κ2) is 18.9. The Morgan fingerprint density at radius 2 is 0.828 bits per heavy atom. The average molecular weight is 489 g/mol. The number of aliphatic hydroxyl groups is 3. The molecular weight excluding hydrogens is 465 g/mol. The molecule has 0 aliphatic heterocycles. The summed E-state index contributed by atoms with van der Waals surface area (Å²) < 4.78 is 25.6. The molecular formula is C11H24O15P3-9. The minimum Gasteiger partial charge on any atom is -0.822 e. The van der Waals surface area contributed by atoms with Crippen LogP contribution in [0.3, 0.4) is 0 Å². The van der Waals surface area contributed by atoms with E-state index in [9.17, 15) is 5.11 Å². The molecule has 0 heterocycles. The third-order valence-corrected chi connectivity index (χ3v) is 2.65. The van der Waals surface area contributed by atoms with Gasteiger partial charge in [0, 0.05) is 0 Å². The van der Waals surface area contributed by atoms with Crippen LogP contribution in [0.25, 0.3) is 0 Å². The van der Waals surface area contributed by atoms with Gasteiger partial charge in [0.1, 0.15) is 6.10 Å². The van der Waals surface area contributed by atoms with E-state index in [0.29, 0.717) is 0 Å². The molecule has 3 N–H and O–H groups in total. The van der Waals surface area contributed by atoms with Crippen molar-refractivity contribution in [1.82, 2.24) is 0 Å². The lowest BCUT2D eigenvalue weighted by molar-refractivity contribution is -0.434. The SMILES string of the molecule is CCCCC(CCCC)C(O)C(O)O.O=P([O-])([O-])[O-].O=P([O-])([O-])[O-].O=P([O-])([O-])[O-]. The monoisotopic (exact) mass is 489 g/mol. The molecule has 29 heavy (non-hydrogen) atoms. The predicted octanol–water partition coefficient (Wildman–Crippen LogP) is -6.82. The van der Waals surface area contributed by atoms with Crippen molar-refractivity contribution in [3.8, 4) is 0 Å². The Morgan fingerprint density at radius 3 is 0.966 bits per heavy atom. The summed E-state index contributed by atoms with van der Waals surface area (Å²) in [5.41, 5.74) is 0. The van der Waals surface area contributed by atoms with Crippen molar-refractivity contribution in [1.29, 1.82) is 0 Å². The molecule has 18 heteroatoms. The maximum atomic E-state index is 9.54. The molecule has 0 radical (unpaired) electrons. The van der Waals surface area contributed by atoms with Crippen molar-refractivity contribution in [3.05, 3.63) is 0 Å². The van der Waals surface area contributed by atoms with Crippen LogP contribution >= 0.6 is 23.5 Å². The summed E-state index contributed by atoms with van der Waals surface area (Å²) in [5, 5.41) is 27.3. The Labute approximate surface area is 168 Å². The second-order valence-corrected chi connectivity index (χ2v) is 7.97. The molecule has 0 fully saturated rings. The van der Waals surface area contributed by atoms with Crippen LogP contribution in [-0.2, 0) is 13.7 Å². The van der Waals surface area contributed by atoms with Crippen molar-refractivity contribution < 1.29 is 73.1 Å². The average Bonchev–Trinajstić information content (AvgIpc) is 2.41. The first-order valence-corrected chi connectivity index (χ1v) is 12.2. The van der Waals surface area contributed by atoms with E-state index >= 15 is 0 Å². The molecule has 1 atom stereocenters. The number of phosphoric acid groups is 3. The molecule has 0 aromatic rings. The summed E-state index contributed by atoms with van der Waals surface area (Å²) in [5.74, 6) is 0.0369.